The molecule has 2 N–H and O–H groups in total. The Hall–Kier alpha value is -2.61. The molecule has 0 atom stereocenters. The van der Waals surface area contributed by atoms with Crippen molar-refractivity contribution in [2.24, 2.45) is 5.92 Å². The van der Waals surface area contributed by atoms with Crippen molar-refractivity contribution >= 4 is 11.8 Å². The fraction of sp³-hybridized carbons (Fsp3) is 0.412. The van der Waals surface area contributed by atoms with Gasteiger partial charge in [0.25, 0.3) is 0 Å². The fourth-order valence-corrected chi connectivity index (χ4v) is 2.80. The number of carboxylic acids is 1. The summed E-state index contributed by atoms with van der Waals surface area (Å²) in [6.45, 7) is 2.00. The summed E-state index contributed by atoms with van der Waals surface area (Å²) < 4.78 is 29.0. The number of hydrogen-bond acceptors (Lipinski definition) is 6. The minimum absolute atomic E-state index is 0.00181. The number of halogens is 1. The molecule has 0 unspecified atom stereocenters. The Morgan fingerprint density at radius 3 is 2.88 bits per heavy atom. The van der Waals surface area contributed by atoms with E-state index in [1.165, 1.54) is 25.3 Å². The first kappa shape index (κ1) is 17.2. The van der Waals surface area contributed by atoms with E-state index in [9.17, 15) is 14.3 Å². The third kappa shape index (κ3) is 3.74. The van der Waals surface area contributed by atoms with E-state index >= 15 is 0 Å². The quantitative estimate of drug-likeness (QED) is 0.827. The number of benzene rings is 1. The molecule has 0 bridgehead atoms. The molecule has 2 heterocycles. The summed E-state index contributed by atoms with van der Waals surface area (Å²) in [6, 6.07) is 4.00. The molecule has 1 fully saturated rings. The molecule has 25 heavy (non-hydrogen) atoms. The van der Waals surface area contributed by atoms with Crippen molar-refractivity contribution in [1.82, 2.24) is 5.16 Å². The molecule has 0 aliphatic carbocycles. The zero-order chi connectivity index (χ0) is 17.8. The van der Waals surface area contributed by atoms with Crippen molar-refractivity contribution in [3.63, 3.8) is 0 Å². The van der Waals surface area contributed by atoms with Gasteiger partial charge in [0.1, 0.15) is 0 Å². The van der Waals surface area contributed by atoms with E-state index in [1.807, 2.05) is 0 Å². The molecule has 7 nitrogen and oxygen atoms in total. The number of aromatic nitrogens is 1. The highest BCUT2D eigenvalue weighted by molar-refractivity contribution is 5.99. The first-order valence-corrected chi connectivity index (χ1v) is 7.98. The fourth-order valence-electron chi connectivity index (χ4n) is 2.80. The van der Waals surface area contributed by atoms with Gasteiger partial charge in [0, 0.05) is 25.3 Å². The number of nitrogens with one attached hydrogen (secondary N) is 1. The first-order chi connectivity index (χ1) is 12.1. The Kier molecular flexibility index (Phi) is 5.18. The number of methoxy groups -OCH3 is 1. The van der Waals surface area contributed by atoms with Crippen LogP contribution in [0.15, 0.2) is 22.7 Å². The molecule has 1 aliphatic heterocycles. The van der Waals surface area contributed by atoms with Gasteiger partial charge >= 0.3 is 5.97 Å². The maximum Gasteiger partial charge on any atom is 0.343 e. The second-order valence-electron chi connectivity index (χ2n) is 5.83. The average molecular weight is 350 g/mol. The van der Waals surface area contributed by atoms with Gasteiger partial charge in [-0.2, -0.15) is 0 Å². The lowest BCUT2D eigenvalue weighted by Crippen LogP contribution is -2.23. The van der Waals surface area contributed by atoms with Gasteiger partial charge in [-0.1, -0.05) is 5.16 Å². The lowest BCUT2D eigenvalue weighted by atomic mass is 10.0. The van der Waals surface area contributed by atoms with E-state index in [0.29, 0.717) is 31.2 Å². The summed E-state index contributed by atoms with van der Waals surface area (Å²) in [4.78, 5) is 11.7. The second-order valence-corrected chi connectivity index (χ2v) is 5.83. The summed E-state index contributed by atoms with van der Waals surface area (Å²) >= 11 is 0. The molecular formula is C17H19FN2O5. The van der Waals surface area contributed by atoms with Gasteiger partial charge in [-0.3, -0.25) is 0 Å². The molecule has 2 aromatic rings. The summed E-state index contributed by atoms with van der Waals surface area (Å²) in [5, 5.41) is 16.4. The standard InChI is InChI=1S/C17H19FN2O5/c1-23-13-8-11(2-3-12(13)18)15-14(17(21)22)16(20-25-15)19-9-10-4-6-24-7-5-10/h2-3,8,10H,4-7,9H2,1H3,(H,19,20)(H,21,22). The predicted octanol–water partition coefficient (Wildman–Crippen LogP) is 3.03. The van der Waals surface area contributed by atoms with Crippen LogP contribution in [0.25, 0.3) is 11.3 Å². The number of carbonyl (C=O) groups is 1. The van der Waals surface area contributed by atoms with Crippen LogP contribution in [0.1, 0.15) is 23.2 Å². The molecule has 1 aliphatic rings. The van der Waals surface area contributed by atoms with Crippen LogP contribution in [0.4, 0.5) is 10.2 Å². The van der Waals surface area contributed by atoms with Gasteiger partial charge in [0.05, 0.1) is 7.11 Å². The highest BCUT2D eigenvalue weighted by Gasteiger charge is 2.25. The lowest BCUT2D eigenvalue weighted by Gasteiger charge is -2.22. The number of aromatic carboxylic acids is 1. The number of nitrogens with zero attached hydrogens (tertiary/aromatic N) is 1. The van der Waals surface area contributed by atoms with Crippen LogP contribution >= 0.6 is 0 Å². The molecule has 1 aromatic carbocycles. The summed E-state index contributed by atoms with van der Waals surface area (Å²) in [6.07, 6.45) is 1.82. The van der Waals surface area contributed by atoms with Gasteiger partial charge in [-0.05, 0) is 37.0 Å². The van der Waals surface area contributed by atoms with Crippen LogP contribution in [-0.4, -0.2) is 43.1 Å². The zero-order valence-corrected chi connectivity index (χ0v) is 13.8. The molecule has 1 aromatic heterocycles. The van der Waals surface area contributed by atoms with Crippen molar-refractivity contribution in [3.05, 3.63) is 29.6 Å². The number of rotatable bonds is 6. The molecule has 134 valence electrons. The normalized spacial score (nSPS) is 15.1. The van der Waals surface area contributed by atoms with Crippen molar-refractivity contribution in [2.75, 3.05) is 32.2 Å². The molecule has 1 saturated heterocycles. The van der Waals surface area contributed by atoms with Crippen LogP contribution < -0.4 is 10.1 Å². The van der Waals surface area contributed by atoms with E-state index < -0.39 is 11.8 Å². The Bertz CT molecular complexity index is 755. The van der Waals surface area contributed by atoms with E-state index in [4.69, 9.17) is 14.0 Å². The summed E-state index contributed by atoms with van der Waals surface area (Å²) in [5.41, 5.74) is 0.294. The number of carboxylic acid groups (broad SMARTS) is 1. The first-order valence-electron chi connectivity index (χ1n) is 7.98. The van der Waals surface area contributed by atoms with Crippen LogP contribution in [0.5, 0.6) is 5.75 Å². The largest absolute Gasteiger partial charge is 0.494 e. The van der Waals surface area contributed by atoms with Crippen molar-refractivity contribution in [1.29, 1.82) is 0 Å². The molecule has 0 saturated carbocycles. The van der Waals surface area contributed by atoms with Gasteiger partial charge in [0.2, 0.25) is 0 Å². The van der Waals surface area contributed by atoms with Gasteiger partial charge in [-0.25, -0.2) is 9.18 Å². The minimum Gasteiger partial charge on any atom is -0.494 e. The third-order valence-corrected chi connectivity index (χ3v) is 4.22. The zero-order valence-electron chi connectivity index (χ0n) is 13.8. The van der Waals surface area contributed by atoms with E-state index in [0.717, 1.165) is 12.8 Å². The summed E-state index contributed by atoms with van der Waals surface area (Å²) in [5.74, 6) is -1.10. The molecule has 0 amide bonds. The molecule has 0 spiro atoms. The highest BCUT2D eigenvalue weighted by Crippen LogP contribution is 2.32. The third-order valence-electron chi connectivity index (χ3n) is 4.22. The molecule has 0 radical (unpaired) electrons. The van der Waals surface area contributed by atoms with Crippen LogP contribution in [0, 0.1) is 11.7 Å². The number of hydrogen-bond donors (Lipinski definition) is 2. The van der Waals surface area contributed by atoms with Crippen LogP contribution in [0.2, 0.25) is 0 Å². The topological polar surface area (TPSA) is 93.8 Å². The van der Waals surface area contributed by atoms with E-state index in [1.54, 1.807) is 0 Å². The van der Waals surface area contributed by atoms with Gasteiger partial charge < -0.3 is 24.4 Å². The molecular weight excluding hydrogens is 331 g/mol. The predicted molar refractivity (Wildman–Crippen MR) is 87.4 cm³/mol. The lowest BCUT2D eigenvalue weighted by molar-refractivity contribution is 0.0689. The average Bonchev–Trinajstić information content (AvgIpc) is 3.05. The van der Waals surface area contributed by atoms with Crippen LogP contribution in [-0.2, 0) is 4.74 Å². The van der Waals surface area contributed by atoms with Crippen molar-refractivity contribution in [3.8, 4) is 17.1 Å². The van der Waals surface area contributed by atoms with E-state index in [2.05, 4.69) is 10.5 Å². The second kappa shape index (κ2) is 7.52. The maximum absolute atomic E-state index is 13.6. The van der Waals surface area contributed by atoms with Crippen molar-refractivity contribution < 1.29 is 28.3 Å². The number of ether oxygens (including phenoxy) is 2. The monoisotopic (exact) mass is 350 g/mol. The van der Waals surface area contributed by atoms with Crippen molar-refractivity contribution in [2.45, 2.75) is 12.8 Å². The summed E-state index contributed by atoms with van der Waals surface area (Å²) in [7, 11) is 1.33. The maximum atomic E-state index is 13.6. The Balaban J connectivity index is 1.85. The number of anilines is 1. The van der Waals surface area contributed by atoms with Crippen LogP contribution in [0.3, 0.4) is 0 Å². The Morgan fingerprint density at radius 2 is 2.20 bits per heavy atom. The van der Waals surface area contributed by atoms with E-state index in [-0.39, 0.29) is 22.9 Å². The Morgan fingerprint density at radius 1 is 1.44 bits per heavy atom. The van der Waals surface area contributed by atoms with Gasteiger partial charge in [-0.15, -0.1) is 0 Å². The Labute approximate surface area is 143 Å². The van der Waals surface area contributed by atoms with Gasteiger partial charge in [0.15, 0.2) is 28.7 Å². The molecule has 8 heteroatoms. The smallest absolute Gasteiger partial charge is 0.343 e. The highest BCUT2D eigenvalue weighted by atomic mass is 19.1. The molecule has 3 rings (SSSR count). The minimum atomic E-state index is -1.17. The SMILES string of the molecule is COc1cc(-c2onc(NCC3CCOCC3)c2C(=O)O)ccc1F.